The van der Waals surface area contributed by atoms with E-state index in [0.717, 1.165) is 11.3 Å². The molecule has 0 radical (unpaired) electrons. The largest absolute Gasteiger partial charge is 0.497 e. The highest BCUT2D eigenvalue weighted by Crippen LogP contribution is 2.12. The lowest BCUT2D eigenvalue weighted by Crippen LogP contribution is -2.31. The van der Waals surface area contributed by atoms with Gasteiger partial charge in [0.15, 0.2) is 0 Å². The minimum absolute atomic E-state index is 0.166. The predicted octanol–water partition coefficient (Wildman–Crippen LogP) is 2.54. The summed E-state index contributed by atoms with van der Waals surface area (Å²) in [5.41, 5.74) is 1.80. The van der Waals surface area contributed by atoms with Gasteiger partial charge in [0.2, 0.25) is 0 Å². The van der Waals surface area contributed by atoms with Gasteiger partial charge in [-0.2, -0.15) is 0 Å². The third-order valence-electron chi connectivity index (χ3n) is 4.13. The molecular formula is C20H25N3O3. The summed E-state index contributed by atoms with van der Waals surface area (Å²) in [6.45, 7) is 5.53. The van der Waals surface area contributed by atoms with Gasteiger partial charge in [-0.3, -0.25) is 14.6 Å². The summed E-state index contributed by atoms with van der Waals surface area (Å²) in [5, 5.41) is 2.88. The molecule has 6 heteroatoms. The molecule has 0 fully saturated rings. The fourth-order valence-electron chi connectivity index (χ4n) is 2.61. The first-order valence-corrected chi connectivity index (χ1v) is 8.75. The van der Waals surface area contributed by atoms with Gasteiger partial charge in [0.1, 0.15) is 11.4 Å². The Kier molecular flexibility index (Phi) is 7.14. The average Bonchev–Trinajstić information content (AvgIpc) is 2.69. The van der Waals surface area contributed by atoms with Gasteiger partial charge in [0.05, 0.1) is 7.11 Å². The lowest BCUT2D eigenvalue weighted by molar-refractivity contribution is 0.0767. The Morgan fingerprint density at radius 2 is 1.92 bits per heavy atom. The number of pyridine rings is 1. The molecule has 0 saturated heterocycles. The molecule has 0 saturated carbocycles. The number of amides is 2. The first-order valence-electron chi connectivity index (χ1n) is 8.75. The number of hydrogen-bond donors (Lipinski definition) is 1. The maximum absolute atomic E-state index is 12.4. The molecule has 0 unspecified atom stereocenters. The number of nitrogens with zero attached hydrogens (tertiary/aromatic N) is 2. The van der Waals surface area contributed by atoms with E-state index in [4.69, 9.17) is 4.74 Å². The lowest BCUT2D eigenvalue weighted by Gasteiger charge is -2.18. The van der Waals surface area contributed by atoms with E-state index in [1.54, 1.807) is 24.1 Å². The Morgan fingerprint density at radius 1 is 1.15 bits per heavy atom. The van der Waals surface area contributed by atoms with Gasteiger partial charge in [0, 0.05) is 31.4 Å². The second-order valence-corrected chi connectivity index (χ2v) is 5.76. The predicted molar refractivity (Wildman–Crippen MR) is 101 cm³/mol. The van der Waals surface area contributed by atoms with Crippen LogP contribution in [0.5, 0.6) is 5.75 Å². The average molecular weight is 355 g/mol. The Labute approximate surface area is 154 Å². The molecule has 0 atom stereocenters. The number of benzene rings is 1. The molecule has 1 heterocycles. The number of ether oxygens (including phenoxy) is 1. The van der Waals surface area contributed by atoms with Crippen LogP contribution in [0.1, 0.15) is 40.3 Å². The molecule has 0 aliphatic rings. The molecular weight excluding hydrogens is 330 g/mol. The van der Waals surface area contributed by atoms with Crippen LogP contribution in [0, 0.1) is 0 Å². The Hall–Kier alpha value is -2.89. The van der Waals surface area contributed by atoms with E-state index < -0.39 is 0 Å². The standard InChI is InChI=1S/C20H25N3O3/c1-4-23(5-2)20(25)18-14-16(10-12-21-18)19(24)22-11-9-15-7-6-8-17(13-15)26-3/h6-8,10,12-14H,4-5,9,11H2,1-3H3,(H,22,24). The summed E-state index contributed by atoms with van der Waals surface area (Å²) in [6, 6.07) is 10.9. The van der Waals surface area contributed by atoms with Crippen molar-refractivity contribution in [2.75, 3.05) is 26.7 Å². The Morgan fingerprint density at radius 3 is 2.62 bits per heavy atom. The van der Waals surface area contributed by atoms with Crippen molar-refractivity contribution in [3.8, 4) is 5.75 Å². The topological polar surface area (TPSA) is 71.5 Å². The van der Waals surface area contributed by atoms with Crippen molar-refractivity contribution < 1.29 is 14.3 Å². The number of hydrogen-bond acceptors (Lipinski definition) is 4. The van der Waals surface area contributed by atoms with E-state index in [1.165, 1.54) is 6.20 Å². The highest BCUT2D eigenvalue weighted by atomic mass is 16.5. The number of carbonyl (C=O) groups is 2. The van der Waals surface area contributed by atoms with E-state index in [1.807, 2.05) is 38.1 Å². The molecule has 0 aliphatic heterocycles. The second kappa shape index (κ2) is 9.56. The van der Waals surface area contributed by atoms with Crippen LogP contribution in [0.4, 0.5) is 0 Å². The maximum Gasteiger partial charge on any atom is 0.272 e. The van der Waals surface area contributed by atoms with Crippen molar-refractivity contribution in [1.29, 1.82) is 0 Å². The molecule has 2 amide bonds. The molecule has 2 rings (SSSR count). The lowest BCUT2D eigenvalue weighted by atomic mass is 10.1. The van der Waals surface area contributed by atoms with Crippen LogP contribution >= 0.6 is 0 Å². The molecule has 1 aromatic carbocycles. The van der Waals surface area contributed by atoms with Crippen LogP contribution in [0.3, 0.4) is 0 Å². The van der Waals surface area contributed by atoms with Crippen LogP contribution in [-0.4, -0.2) is 48.4 Å². The fraction of sp³-hybridized carbons (Fsp3) is 0.350. The van der Waals surface area contributed by atoms with Gasteiger partial charge in [-0.1, -0.05) is 12.1 Å². The SMILES string of the molecule is CCN(CC)C(=O)c1cc(C(=O)NCCc2cccc(OC)c2)ccn1. The van der Waals surface area contributed by atoms with Gasteiger partial charge in [-0.25, -0.2) is 0 Å². The molecule has 1 aromatic heterocycles. The minimum Gasteiger partial charge on any atom is -0.497 e. The van der Waals surface area contributed by atoms with Crippen LogP contribution in [-0.2, 0) is 6.42 Å². The van der Waals surface area contributed by atoms with Gasteiger partial charge >= 0.3 is 0 Å². The molecule has 1 N–H and O–H groups in total. The van der Waals surface area contributed by atoms with Gasteiger partial charge in [-0.05, 0) is 50.1 Å². The quantitative estimate of drug-likeness (QED) is 0.790. The van der Waals surface area contributed by atoms with E-state index in [-0.39, 0.29) is 17.5 Å². The monoisotopic (exact) mass is 355 g/mol. The highest BCUT2D eigenvalue weighted by Gasteiger charge is 2.16. The van der Waals surface area contributed by atoms with Gasteiger partial charge in [0.25, 0.3) is 11.8 Å². The zero-order valence-electron chi connectivity index (χ0n) is 15.5. The zero-order chi connectivity index (χ0) is 18.9. The van der Waals surface area contributed by atoms with E-state index in [0.29, 0.717) is 31.6 Å². The third-order valence-corrected chi connectivity index (χ3v) is 4.13. The normalized spacial score (nSPS) is 10.3. The van der Waals surface area contributed by atoms with E-state index >= 15 is 0 Å². The number of methoxy groups -OCH3 is 1. The summed E-state index contributed by atoms with van der Waals surface area (Å²) in [4.78, 5) is 30.5. The summed E-state index contributed by atoms with van der Waals surface area (Å²) >= 11 is 0. The third kappa shape index (κ3) is 5.05. The molecule has 26 heavy (non-hydrogen) atoms. The first-order chi connectivity index (χ1) is 12.6. The van der Waals surface area contributed by atoms with Crippen LogP contribution in [0.15, 0.2) is 42.6 Å². The number of aromatic nitrogens is 1. The van der Waals surface area contributed by atoms with Crippen LogP contribution < -0.4 is 10.1 Å². The van der Waals surface area contributed by atoms with Crippen molar-refractivity contribution in [3.05, 3.63) is 59.4 Å². The highest BCUT2D eigenvalue weighted by molar-refractivity contribution is 5.98. The van der Waals surface area contributed by atoms with Crippen molar-refractivity contribution in [3.63, 3.8) is 0 Å². The number of rotatable bonds is 8. The minimum atomic E-state index is -0.219. The Balaban J connectivity index is 1.97. The van der Waals surface area contributed by atoms with Gasteiger partial charge in [-0.15, -0.1) is 0 Å². The maximum atomic E-state index is 12.4. The smallest absolute Gasteiger partial charge is 0.272 e. The summed E-state index contributed by atoms with van der Waals surface area (Å²) in [5.74, 6) is 0.410. The first kappa shape index (κ1) is 19.4. The van der Waals surface area contributed by atoms with Crippen molar-refractivity contribution >= 4 is 11.8 Å². The molecule has 0 bridgehead atoms. The van der Waals surface area contributed by atoms with Crippen LogP contribution in [0.25, 0.3) is 0 Å². The summed E-state index contributed by atoms with van der Waals surface area (Å²) in [6.07, 6.45) is 2.19. The number of nitrogens with one attached hydrogen (secondary N) is 1. The molecule has 138 valence electrons. The molecule has 0 spiro atoms. The second-order valence-electron chi connectivity index (χ2n) is 5.76. The fourth-order valence-corrected chi connectivity index (χ4v) is 2.61. The van der Waals surface area contributed by atoms with Gasteiger partial charge < -0.3 is 15.0 Å². The van der Waals surface area contributed by atoms with E-state index in [9.17, 15) is 9.59 Å². The zero-order valence-corrected chi connectivity index (χ0v) is 15.5. The van der Waals surface area contributed by atoms with Crippen LogP contribution in [0.2, 0.25) is 0 Å². The van der Waals surface area contributed by atoms with Crippen molar-refractivity contribution in [2.45, 2.75) is 20.3 Å². The van der Waals surface area contributed by atoms with E-state index in [2.05, 4.69) is 10.3 Å². The summed E-state index contributed by atoms with van der Waals surface area (Å²) in [7, 11) is 1.63. The molecule has 2 aromatic rings. The molecule has 0 aliphatic carbocycles. The van der Waals surface area contributed by atoms with Crippen molar-refractivity contribution in [1.82, 2.24) is 15.2 Å². The van der Waals surface area contributed by atoms with Crippen molar-refractivity contribution in [2.24, 2.45) is 0 Å². The number of carbonyl (C=O) groups excluding carboxylic acids is 2. The summed E-state index contributed by atoms with van der Waals surface area (Å²) < 4.78 is 5.19. The Bertz CT molecular complexity index is 757. The molecule has 6 nitrogen and oxygen atoms in total.